The van der Waals surface area contributed by atoms with E-state index >= 15 is 0 Å². The predicted molar refractivity (Wildman–Crippen MR) is 119 cm³/mol. The second-order valence-corrected chi connectivity index (χ2v) is 8.45. The summed E-state index contributed by atoms with van der Waals surface area (Å²) in [5.74, 6) is -3.48. The number of anilines is 1. The molecular formula is C22H15F5N4O3S. The van der Waals surface area contributed by atoms with Crippen molar-refractivity contribution in [3.63, 3.8) is 0 Å². The number of hydrogen-bond acceptors (Lipinski definition) is 5. The van der Waals surface area contributed by atoms with E-state index in [0.717, 1.165) is 21.3 Å². The molecule has 0 spiro atoms. The van der Waals surface area contributed by atoms with Gasteiger partial charge in [-0.3, -0.25) is 18.7 Å². The average molecular weight is 510 g/mol. The van der Waals surface area contributed by atoms with E-state index in [-0.39, 0.29) is 23.0 Å². The summed E-state index contributed by atoms with van der Waals surface area (Å²) in [5, 5.41) is 3.55. The van der Waals surface area contributed by atoms with Crippen molar-refractivity contribution in [1.29, 1.82) is 0 Å². The first kappa shape index (κ1) is 24.3. The van der Waals surface area contributed by atoms with Crippen LogP contribution in [-0.2, 0) is 31.5 Å². The van der Waals surface area contributed by atoms with Crippen molar-refractivity contribution in [2.45, 2.75) is 12.6 Å². The number of benzene rings is 2. The Bertz CT molecular complexity index is 1600. The Balaban J connectivity index is 1.65. The van der Waals surface area contributed by atoms with Crippen LogP contribution in [0, 0.1) is 11.6 Å². The normalized spacial score (nSPS) is 11.7. The van der Waals surface area contributed by atoms with Crippen molar-refractivity contribution in [3.05, 3.63) is 79.3 Å². The molecule has 0 saturated carbocycles. The van der Waals surface area contributed by atoms with E-state index in [2.05, 4.69) is 10.3 Å². The second kappa shape index (κ2) is 8.73. The molecule has 0 bridgehead atoms. The fourth-order valence-electron chi connectivity index (χ4n) is 3.68. The minimum atomic E-state index is -5.04. The summed E-state index contributed by atoms with van der Waals surface area (Å²) < 4.78 is 69.8. The monoisotopic (exact) mass is 510 g/mol. The molecule has 0 aliphatic heterocycles. The van der Waals surface area contributed by atoms with Crippen LogP contribution in [-0.4, -0.2) is 20.0 Å². The number of nitrogens with one attached hydrogen (secondary N) is 1. The fraction of sp³-hybridized carbons (Fsp3) is 0.182. The van der Waals surface area contributed by atoms with Gasteiger partial charge in [-0.15, -0.1) is 11.3 Å². The van der Waals surface area contributed by atoms with Crippen LogP contribution < -0.4 is 16.6 Å². The van der Waals surface area contributed by atoms with E-state index < -0.39 is 51.8 Å². The predicted octanol–water partition coefficient (Wildman–Crippen LogP) is 3.84. The van der Waals surface area contributed by atoms with E-state index in [9.17, 15) is 36.3 Å². The lowest BCUT2D eigenvalue weighted by Gasteiger charge is -2.12. The maximum atomic E-state index is 14.2. The molecule has 35 heavy (non-hydrogen) atoms. The highest BCUT2D eigenvalue weighted by Crippen LogP contribution is 2.40. The summed E-state index contributed by atoms with van der Waals surface area (Å²) in [6, 6.07) is 5.15. The van der Waals surface area contributed by atoms with Crippen molar-refractivity contribution >= 4 is 33.3 Å². The van der Waals surface area contributed by atoms with E-state index in [4.69, 9.17) is 0 Å². The summed E-state index contributed by atoms with van der Waals surface area (Å²) in [6.07, 6.45) is -5.34. The number of fused-ring (bicyclic) bond motifs is 1. The number of nitrogens with zero attached hydrogens (tertiary/aromatic N) is 3. The summed E-state index contributed by atoms with van der Waals surface area (Å²) in [5.41, 5.74) is -3.38. The van der Waals surface area contributed by atoms with Crippen molar-refractivity contribution < 1.29 is 26.7 Å². The van der Waals surface area contributed by atoms with Crippen molar-refractivity contribution in [2.24, 2.45) is 14.1 Å². The first-order valence-corrected chi connectivity index (χ1v) is 10.8. The van der Waals surface area contributed by atoms with Crippen LogP contribution in [0.2, 0.25) is 0 Å². The smallest absolute Gasteiger partial charge is 0.302 e. The van der Waals surface area contributed by atoms with Gasteiger partial charge in [-0.05, 0) is 17.7 Å². The molecule has 0 radical (unpaired) electrons. The highest BCUT2D eigenvalue weighted by molar-refractivity contribution is 7.14. The van der Waals surface area contributed by atoms with Gasteiger partial charge in [0.15, 0.2) is 5.13 Å². The van der Waals surface area contributed by atoms with Gasteiger partial charge in [0.2, 0.25) is 5.91 Å². The third-order valence-electron chi connectivity index (χ3n) is 5.30. The molecule has 2 aromatic carbocycles. The number of alkyl halides is 3. The van der Waals surface area contributed by atoms with Gasteiger partial charge in [0.1, 0.15) is 11.6 Å². The summed E-state index contributed by atoms with van der Waals surface area (Å²) in [6.45, 7) is 0. The Kier molecular flexibility index (Phi) is 6.05. The molecule has 2 aromatic heterocycles. The first-order valence-electron chi connectivity index (χ1n) is 9.88. The van der Waals surface area contributed by atoms with Crippen molar-refractivity contribution in [1.82, 2.24) is 14.1 Å². The number of halogens is 5. The molecule has 0 atom stereocenters. The quantitative estimate of drug-likeness (QED) is 0.423. The number of aryl methyl sites for hydroxylation is 1. The zero-order chi connectivity index (χ0) is 25.7. The van der Waals surface area contributed by atoms with Gasteiger partial charge in [-0.25, -0.2) is 18.6 Å². The van der Waals surface area contributed by atoms with E-state index in [1.165, 1.54) is 24.7 Å². The van der Waals surface area contributed by atoms with Crippen LogP contribution in [0.15, 0.2) is 45.3 Å². The van der Waals surface area contributed by atoms with E-state index in [1.54, 1.807) is 12.1 Å². The van der Waals surface area contributed by atoms with Crippen molar-refractivity contribution in [3.8, 4) is 11.3 Å². The highest BCUT2D eigenvalue weighted by Gasteiger charge is 2.36. The Morgan fingerprint density at radius 2 is 1.83 bits per heavy atom. The zero-order valence-electron chi connectivity index (χ0n) is 18.0. The molecule has 0 saturated heterocycles. The van der Waals surface area contributed by atoms with E-state index in [1.807, 2.05) is 0 Å². The molecule has 182 valence electrons. The second-order valence-electron chi connectivity index (χ2n) is 7.59. The van der Waals surface area contributed by atoms with Crippen LogP contribution >= 0.6 is 11.3 Å². The number of hydrogen-bond donors (Lipinski definition) is 1. The number of carbonyl (C=O) groups excluding carboxylic acids is 1. The topological polar surface area (TPSA) is 86.0 Å². The number of carbonyl (C=O) groups is 1. The van der Waals surface area contributed by atoms with Crippen LogP contribution in [0.1, 0.15) is 11.1 Å². The first-order chi connectivity index (χ1) is 16.4. The van der Waals surface area contributed by atoms with Gasteiger partial charge in [0, 0.05) is 31.1 Å². The summed E-state index contributed by atoms with van der Waals surface area (Å²) in [7, 11) is 2.79. The molecule has 1 N–H and O–H groups in total. The zero-order valence-corrected chi connectivity index (χ0v) is 18.9. The average Bonchev–Trinajstić information content (AvgIpc) is 3.22. The molecule has 1 amide bonds. The van der Waals surface area contributed by atoms with Gasteiger partial charge < -0.3 is 5.32 Å². The lowest BCUT2D eigenvalue weighted by atomic mass is 10.0. The minimum Gasteiger partial charge on any atom is -0.302 e. The largest absolute Gasteiger partial charge is 0.417 e. The van der Waals surface area contributed by atoms with Crippen LogP contribution in [0.25, 0.3) is 22.2 Å². The lowest BCUT2D eigenvalue weighted by Crippen LogP contribution is -2.37. The molecule has 0 fully saturated rings. The van der Waals surface area contributed by atoms with Crippen molar-refractivity contribution in [2.75, 3.05) is 5.32 Å². The molecule has 7 nitrogen and oxygen atoms in total. The third-order valence-corrected chi connectivity index (χ3v) is 6.06. The van der Waals surface area contributed by atoms with Gasteiger partial charge >= 0.3 is 11.9 Å². The molecule has 0 aliphatic carbocycles. The molecule has 4 aromatic rings. The standard InChI is InChI=1S/C22H15F5N4O3S/c1-30-15-5-3-4-10(17(15)19(33)31(2)21(30)34)6-16(32)29-20-28-14(9-35-20)18-12(22(25,26)27)7-11(23)8-13(18)24/h3-5,7-9H,6H2,1-2H3,(H,28,29,32). The number of rotatable bonds is 4. The molecule has 0 aliphatic rings. The number of thiazole rings is 1. The van der Waals surface area contributed by atoms with Crippen LogP contribution in [0.5, 0.6) is 0 Å². The SMILES string of the molecule is Cn1c(=O)c2c(CC(=O)Nc3nc(-c4c(F)cc(F)cc4C(F)(F)F)cs3)cccc2n(C)c1=O. The van der Waals surface area contributed by atoms with Gasteiger partial charge in [-0.1, -0.05) is 12.1 Å². The van der Waals surface area contributed by atoms with Gasteiger partial charge in [0.25, 0.3) is 5.56 Å². The van der Waals surface area contributed by atoms with Gasteiger partial charge in [0.05, 0.1) is 28.6 Å². The summed E-state index contributed by atoms with van der Waals surface area (Å²) in [4.78, 5) is 41.3. The van der Waals surface area contributed by atoms with Gasteiger partial charge in [-0.2, -0.15) is 13.2 Å². The minimum absolute atomic E-state index is 0.123. The third kappa shape index (κ3) is 4.46. The Hall–Kier alpha value is -3.87. The maximum Gasteiger partial charge on any atom is 0.417 e. The Morgan fingerprint density at radius 1 is 1.11 bits per heavy atom. The molecule has 4 rings (SSSR count). The molecule has 13 heteroatoms. The molecule has 0 unspecified atom stereocenters. The number of aromatic nitrogens is 3. The molecular weight excluding hydrogens is 495 g/mol. The van der Waals surface area contributed by atoms with Crippen LogP contribution in [0.3, 0.4) is 0 Å². The van der Waals surface area contributed by atoms with E-state index in [0.29, 0.717) is 17.1 Å². The lowest BCUT2D eigenvalue weighted by molar-refractivity contribution is -0.137. The van der Waals surface area contributed by atoms with Crippen LogP contribution in [0.4, 0.5) is 27.1 Å². The molecule has 2 heterocycles. The Morgan fingerprint density at radius 3 is 2.51 bits per heavy atom. The highest BCUT2D eigenvalue weighted by atomic mass is 32.1. The fourth-order valence-corrected chi connectivity index (χ4v) is 4.40. The maximum absolute atomic E-state index is 14.2. The number of amides is 1. The summed E-state index contributed by atoms with van der Waals surface area (Å²) >= 11 is 0.747. The Labute approximate surface area is 197 Å².